The summed E-state index contributed by atoms with van der Waals surface area (Å²) in [4.78, 5) is 12.4. The van der Waals surface area contributed by atoms with Gasteiger partial charge < -0.3 is 15.7 Å². The number of carbonyl (C=O) groups is 1. The van der Waals surface area contributed by atoms with Gasteiger partial charge in [0.15, 0.2) is 0 Å². The minimum atomic E-state index is -0.264. The summed E-state index contributed by atoms with van der Waals surface area (Å²) in [6, 6.07) is 5.56. The highest BCUT2D eigenvalue weighted by Crippen LogP contribution is 2.33. The number of para-hydroxylation sites is 1. The molecule has 0 spiro atoms. The van der Waals surface area contributed by atoms with Crippen LogP contribution in [0.2, 0.25) is 0 Å². The first-order valence-corrected chi connectivity index (χ1v) is 9.00. The van der Waals surface area contributed by atoms with E-state index < -0.39 is 0 Å². The molecule has 0 fully saturated rings. The number of benzene rings is 1. The molecule has 0 heterocycles. The summed E-state index contributed by atoms with van der Waals surface area (Å²) in [5.74, 6) is 0.538. The number of phenols is 1. The minimum Gasteiger partial charge on any atom is -0.507 e. The number of unbranched alkanes of at least 4 members (excludes halogenated alkanes) is 1. The van der Waals surface area contributed by atoms with Gasteiger partial charge in [-0.3, -0.25) is 4.79 Å². The lowest BCUT2D eigenvalue weighted by atomic mass is 9.85. The molecule has 136 valence electrons. The van der Waals surface area contributed by atoms with E-state index in [1.807, 2.05) is 32.0 Å². The Balaban J connectivity index is 2.79. The lowest BCUT2D eigenvalue weighted by molar-refractivity contribution is -0.124. The summed E-state index contributed by atoms with van der Waals surface area (Å²) < 4.78 is 0. The Bertz CT molecular complexity index is 533. The Kier molecular flexibility index (Phi) is 7.74. The Hall–Kier alpha value is -1.55. The number of phenolic OH excluding ortho intramolecular Hbond substituents is 1. The molecule has 0 aliphatic heterocycles. The molecule has 1 atom stereocenters. The van der Waals surface area contributed by atoms with Gasteiger partial charge in [0.1, 0.15) is 5.75 Å². The zero-order valence-electron chi connectivity index (χ0n) is 16.1. The van der Waals surface area contributed by atoms with Crippen molar-refractivity contribution in [1.29, 1.82) is 0 Å². The molecule has 0 aromatic heterocycles. The first kappa shape index (κ1) is 20.5. The molecular formula is C20H34N2O2. The number of hydrogen-bond donors (Lipinski definition) is 3. The van der Waals surface area contributed by atoms with Crippen LogP contribution >= 0.6 is 0 Å². The molecule has 0 bridgehead atoms. The van der Waals surface area contributed by atoms with Gasteiger partial charge in [-0.2, -0.15) is 0 Å². The molecule has 1 amide bonds. The zero-order chi connectivity index (χ0) is 18.3. The van der Waals surface area contributed by atoms with E-state index in [1.54, 1.807) is 0 Å². The van der Waals surface area contributed by atoms with E-state index in [2.05, 4.69) is 38.3 Å². The number of amides is 1. The molecule has 0 aliphatic carbocycles. The number of nitrogens with one attached hydrogen (secondary N) is 2. The molecule has 1 rings (SSSR count). The summed E-state index contributed by atoms with van der Waals surface area (Å²) in [5.41, 5.74) is 1.64. The molecule has 0 radical (unpaired) electrons. The fraction of sp³-hybridized carbons (Fsp3) is 0.650. The summed E-state index contributed by atoms with van der Waals surface area (Å²) in [6.07, 6.45) is 2.05. The van der Waals surface area contributed by atoms with Crippen molar-refractivity contribution >= 4 is 5.91 Å². The van der Waals surface area contributed by atoms with Gasteiger partial charge in [-0.1, -0.05) is 66.2 Å². The van der Waals surface area contributed by atoms with Gasteiger partial charge in [0, 0.05) is 18.7 Å². The second-order valence-electron chi connectivity index (χ2n) is 7.81. The predicted octanol–water partition coefficient (Wildman–Crippen LogP) is 3.72. The monoisotopic (exact) mass is 334 g/mol. The van der Waals surface area contributed by atoms with Crippen LogP contribution < -0.4 is 10.6 Å². The van der Waals surface area contributed by atoms with Gasteiger partial charge in [-0.15, -0.1) is 0 Å². The maximum Gasteiger partial charge on any atom is 0.237 e. The van der Waals surface area contributed by atoms with E-state index in [0.717, 1.165) is 24.0 Å². The van der Waals surface area contributed by atoms with Crippen molar-refractivity contribution in [2.24, 2.45) is 5.92 Å². The molecule has 1 unspecified atom stereocenters. The van der Waals surface area contributed by atoms with Gasteiger partial charge in [-0.25, -0.2) is 0 Å². The number of hydrogen-bond acceptors (Lipinski definition) is 3. The third-order valence-corrected chi connectivity index (χ3v) is 4.22. The first-order chi connectivity index (χ1) is 11.2. The van der Waals surface area contributed by atoms with Crippen LogP contribution in [0, 0.1) is 5.92 Å². The Morgan fingerprint density at radius 2 is 1.92 bits per heavy atom. The van der Waals surface area contributed by atoms with Gasteiger partial charge in [0.2, 0.25) is 5.91 Å². The average molecular weight is 335 g/mol. The highest BCUT2D eigenvalue weighted by Gasteiger charge is 2.23. The smallest absolute Gasteiger partial charge is 0.237 e. The Labute approximate surface area is 147 Å². The molecule has 0 aliphatic rings. The van der Waals surface area contributed by atoms with Crippen LogP contribution in [0.1, 0.15) is 65.5 Å². The summed E-state index contributed by atoms with van der Waals surface area (Å²) in [5, 5.41) is 16.8. The highest BCUT2D eigenvalue weighted by atomic mass is 16.3. The number of aromatic hydroxyl groups is 1. The molecule has 1 aromatic carbocycles. The third-order valence-electron chi connectivity index (χ3n) is 4.22. The first-order valence-electron chi connectivity index (χ1n) is 9.00. The van der Waals surface area contributed by atoms with Gasteiger partial charge in [-0.05, 0) is 23.3 Å². The third kappa shape index (κ3) is 5.82. The molecule has 0 saturated heterocycles. The quantitative estimate of drug-likeness (QED) is 0.635. The van der Waals surface area contributed by atoms with Crippen molar-refractivity contribution in [2.75, 3.05) is 6.54 Å². The second kappa shape index (κ2) is 9.07. The Morgan fingerprint density at radius 1 is 1.25 bits per heavy atom. The fourth-order valence-corrected chi connectivity index (χ4v) is 2.69. The molecule has 0 saturated carbocycles. The van der Waals surface area contributed by atoms with Crippen molar-refractivity contribution in [3.05, 3.63) is 29.3 Å². The molecule has 24 heavy (non-hydrogen) atoms. The van der Waals surface area contributed by atoms with E-state index in [0.29, 0.717) is 18.8 Å². The largest absolute Gasteiger partial charge is 0.507 e. The topological polar surface area (TPSA) is 61.4 Å². The normalized spacial score (nSPS) is 13.1. The van der Waals surface area contributed by atoms with Crippen molar-refractivity contribution in [2.45, 2.75) is 72.4 Å². The molecular weight excluding hydrogens is 300 g/mol. The number of rotatable bonds is 8. The minimum absolute atomic E-state index is 0.0323. The maximum atomic E-state index is 12.4. The molecule has 1 aromatic rings. The molecule has 4 nitrogen and oxygen atoms in total. The summed E-state index contributed by atoms with van der Waals surface area (Å²) in [6.45, 7) is 13.6. The molecule has 4 heteroatoms. The van der Waals surface area contributed by atoms with Crippen LogP contribution in [-0.4, -0.2) is 23.6 Å². The van der Waals surface area contributed by atoms with Gasteiger partial charge >= 0.3 is 0 Å². The van der Waals surface area contributed by atoms with E-state index in [9.17, 15) is 9.90 Å². The second-order valence-corrected chi connectivity index (χ2v) is 7.81. The van der Waals surface area contributed by atoms with Crippen LogP contribution in [0.3, 0.4) is 0 Å². The van der Waals surface area contributed by atoms with Crippen molar-refractivity contribution in [3.63, 3.8) is 0 Å². The van der Waals surface area contributed by atoms with Crippen molar-refractivity contribution in [1.82, 2.24) is 10.6 Å². The van der Waals surface area contributed by atoms with Gasteiger partial charge in [0.25, 0.3) is 0 Å². The summed E-state index contributed by atoms with van der Waals surface area (Å²) >= 11 is 0. The SMILES string of the molecule is CCCCNC(=O)C(NCc1cccc(C(C)(C)C)c1O)C(C)C. The average Bonchev–Trinajstić information content (AvgIpc) is 2.47. The van der Waals surface area contributed by atoms with Crippen LogP contribution in [0.15, 0.2) is 18.2 Å². The standard InChI is InChI=1S/C20H34N2O2/c1-7-8-12-21-19(24)17(14(2)3)22-13-15-10-9-11-16(18(15)23)20(4,5)6/h9-11,14,17,22-23H,7-8,12-13H2,1-6H3,(H,21,24). The number of carbonyl (C=O) groups excluding carboxylic acids is 1. The lowest BCUT2D eigenvalue weighted by Gasteiger charge is -2.24. The van der Waals surface area contributed by atoms with Crippen LogP contribution in [-0.2, 0) is 16.8 Å². The van der Waals surface area contributed by atoms with E-state index in [-0.39, 0.29) is 23.3 Å². The highest BCUT2D eigenvalue weighted by molar-refractivity contribution is 5.82. The van der Waals surface area contributed by atoms with Crippen LogP contribution in [0.25, 0.3) is 0 Å². The van der Waals surface area contributed by atoms with Crippen LogP contribution in [0.4, 0.5) is 0 Å². The van der Waals surface area contributed by atoms with Crippen LogP contribution in [0.5, 0.6) is 5.75 Å². The van der Waals surface area contributed by atoms with Crippen molar-refractivity contribution in [3.8, 4) is 5.75 Å². The molecule has 3 N–H and O–H groups in total. The fourth-order valence-electron chi connectivity index (χ4n) is 2.69. The predicted molar refractivity (Wildman–Crippen MR) is 100 cm³/mol. The maximum absolute atomic E-state index is 12.4. The van der Waals surface area contributed by atoms with E-state index in [4.69, 9.17) is 0 Å². The Morgan fingerprint density at radius 3 is 2.46 bits per heavy atom. The zero-order valence-corrected chi connectivity index (χ0v) is 16.1. The van der Waals surface area contributed by atoms with E-state index in [1.165, 1.54) is 0 Å². The van der Waals surface area contributed by atoms with Gasteiger partial charge in [0.05, 0.1) is 6.04 Å². The van der Waals surface area contributed by atoms with Crippen molar-refractivity contribution < 1.29 is 9.90 Å². The lowest BCUT2D eigenvalue weighted by Crippen LogP contribution is -2.47. The summed E-state index contributed by atoms with van der Waals surface area (Å²) in [7, 11) is 0. The van der Waals surface area contributed by atoms with E-state index >= 15 is 0 Å².